The van der Waals surface area contributed by atoms with E-state index in [9.17, 15) is 4.79 Å². The fourth-order valence-electron chi connectivity index (χ4n) is 3.11. The molecule has 1 aliphatic rings. The van der Waals surface area contributed by atoms with Gasteiger partial charge in [-0.05, 0) is 44.0 Å². The first-order chi connectivity index (χ1) is 14.1. The number of carbonyl (C=O) groups is 1. The summed E-state index contributed by atoms with van der Waals surface area (Å²) in [5.41, 5.74) is 2.31. The number of anilines is 1. The van der Waals surface area contributed by atoms with E-state index in [0.717, 1.165) is 30.7 Å². The molecule has 0 bridgehead atoms. The highest BCUT2D eigenvalue weighted by atomic mass is 16.5. The van der Waals surface area contributed by atoms with E-state index in [1.165, 1.54) is 0 Å². The number of aliphatic imine (C=N–C) groups is 1. The van der Waals surface area contributed by atoms with Gasteiger partial charge >= 0.3 is 0 Å². The lowest BCUT2D eigenvalue weighted by molar-refractivity contribution is 0.0975. The van der Waals surface area contributed by atoms with Gasteiger partial charge < -0.3 is 19.5 Å². The molecule has 2 N–H and O–H groups in total. The largest absolute Gasteiger partial charge is 0.493 e. The molecule has 7 heteroatoms. The molecule has 3 rings (SSSR count). The minimum atomic E-state index is -0.229. The van der Waals surface area contributed by atoms with Crippen LogP contribution in [0.1, 0.15) is 28.8 Å². The van der Waals surface area contributed by atoms with E-state index in [-0.39, 0.29) is 12.0 Å². The minimum Gasteiger partial charge on any atom is -0.493 e. The molecule has 1 aliphatic heterocycles. The zero-order valence-electron chi connectivity index (χ0n) is 17.0. The van der Waals surface area contributed by atoms with E-state index in [1.807, 2.05) is 31.2 Å². The van der Waals surface area contributed by atoms with Gasteiger partial charge in [-0.3, -0.25) is 10.1 Å². The summed E-state index contributed by atoms with van der Waals surface area (Å²) in [5.74, 6) is 1.34. The smallest absolute Gasteiger partial charge is 0.257 e. The molecule has 1 saturated heterocycles. The Balaban J connectivity index is 1.78. The molecule has 0 aliphatic carbocycles. The molecule has 1 atom stereocenters. The van der Waals surface area contributed by atoms with Crippen molar-refractivity contribution in [1.82, 2.24) is 5.32 Å². The van der Waals surface area contributed by atoms with Gasteiger partial charge in [-0.1, -0.05) is 17.7 Å². The fraction of sp³-hybridized carbons (Fsp3) is 0.364. The molecule has 1 fully saturated rings. The van der Waals surface area contributed by atoms with Crippen molar-refractivity contribution in [3.8, 4) is 11.5 Å². The maximum Gasteiger partial charge on any atom is 0.257 e. The van der Waals surface area contributed by atoms with Crippen molar-refractivity contribution in [2.45, 2.75) is 25.9 Å². The number of aryl methyl sites for hydroxylation is 1. The standard InChI is InChI=1S/C22H27N3O4/c1-15-6-4-7-16(12-15)21(26)25-22(23-14-18-8-5-11-29-18)24-17-9-10-19(27-2)20(13-17)28-3/h4,6-7,9-10,12-13,18H,5,8,11,14H2,1-3H3,(H2,23,24,25,26). The Labute approximate surface area is 171 Å². The van der Waals surface area contributed by atoms with Gasteiger partial charge in [-0.15, -0.1) is 0 Å². The van der Waals surface area contributed by atoms with E-state index < -0.39 is 0 Å². The lowest BCUT2D eigenvalue weighted by Gasteiger charge is -2.15. The molecule has 0 saturated carbocycles. The van der Waals surface area contributed by atoms with Gasteiger partial charge in [-0.2, -0.15) is 0 Å². The van der Waals surface area contributed by atoms with Crippen LogP contribution in [0.15, 0.2) is 47.5 Å². The average Bonchev–Trinajstić information content (AvgIpc) is 3.25. The summed E-state index contributed by atoms with van der Waals surface area (Å²) in [6.07, 6.45) is 2.08. The average molecular weight is 397 g/mol. The molecule has 2 aromatic carbocycles. The highest BCUT2D eigenvalue weighted by Gasteiger charge is 2.16. The Hall–Kier alpha value is -3.06. The third-order valence-corrected chi connectivity index (χ3v) is 4.64. The first-order valence-electron chi connectivity index (χ1n) is 9.62. The Morgan fingerprint density at radius 2 is 2.00 bits per heavy atom. The Bertz CT molecular complexity index is 876. The van der Waals surface area contributed by atoms with Crippen molar-refractivity contribution in [1.29, 1.82) is 0 Å². The van der Waals surface area contributed by atoms with Gasteiger partial charge in [-0.25, -0.2) is 4.99 Å². The summed E-state index contributed by atoms with van der Waals surface area (Å²) < 4.78 is 16.3. The maximum absolute atomic E-state index is 12.7. The van der Waals surface area contributed by atoms with Gasteiger partial charge in [0.05, 0.1) is 26.9 Å². The molecule has 0 aromatic heterocycles. The monoisotopic (exact) mass is 397 g/mol. The van der Waals surface area contributed by atoms with Crippen molar-refractivity contribution < 1.29 is 19.0 Å². The van der Waals surface area contributed by atoms with Crippen LogP contribution in [0.2, 0.25) is 0 Å². The van der Waals surface area contributed by atoms with Crippen molar-refractivity contribution in [3.05, 3.63) is 53.6 Å². The zero-order chi connectivity index (χ0) is 20.6. The number of hydrogen-bond acceptors (Lipinski definition) is 5. The molecular formula is C22H27N3O4. The quantitative estimate of drug-likeness (QED) is 0.577. The van der Waals surface area contributed by atoms with Gasteiger partial charge in [0, 0.05) is 23.9 Å². The van der Waals surface area contributed by atoms with Crippen LogP contribution in [0.3, 0.4) is 0 Å². The number of hydrogen-bond donors (Lipinski definition) is 2. The molecule has 7 nitrogen and oxygen atoms in total. The van der Waals surface area contributed by atoms with E-state index in [2.05, 4.69) is 15.6 Å². The van der Waals surface area contributed by atoms with Crippen LogP contribution in [0, 0.1) is 6.92 Å². The van der Waals surface area contributed by atoms with Crippen molar-refractivity contribution in [2.75, 3.05) is 32.7 Å². The van der Waals surface area contributed by atoms with E-state index in [4.69, 9.17) is 14.2 Å². The lowest BCUT2D eigenvalue weighted by Crippen LogP contribution is -2.36. The first-order valence-corrected chi connectivity index (χ1v) is 9.62. The first kappa shape index (κ1) is 20.7. The number of carbonyl (C=O) groups excluding carboxylic acids is 1. The third kappa shape index (κ3) is 5.71. The Kier molecular flexibility index (Phi) is 7.08. The van der Waals surface area contributed by atoms with Crippen molar-refractivity contribution in [3.63, 3.8) is 0 Å². The van der Waals surface area contributed by atoms with Crippen LogP contribution in [0.4, 0.5) is 5.69 Å². The maximum atomic E-state index is 12.7. The van der Waals surface area contributed by atoms with E-state index >= 15 is 0 Å². The van der Waals surface area contributed by atoms with Crippen molar-refractivity contribution in [2.24, 2.45) is 4.99 Å². The molecule has 1 heterocycles. The van der Waals surface area contributed by atoms with Gasteiger partial charge in [0.1, 0.15) is 0 Å². The molecule has 1 unspecified atom stereocenters. The second-order valence-corrected chi connectivity index (χ2v) is 6.84. The van der Waals surface area contributed by atoms with Gasteiger partial charge in [0.2, 0.25) is 5.96 Å². The number of guanidine groups is 1. The predicted molar refractivity (Wildman–Crippen MR) is 113 cm³/mol. The number of methoxy groups -OCH3 is 2. The van der Waals surface area contributed by atoms with Crippen LogP contribution >= 0.6 is 0 Å². The highest BCUT2D eigenvalue weighted by molar-refractivity contribution is 6.10. The molecule has 0 radical (unpaired) electrons. The molecule has 29 heavy (non-hydrogen) atoms. The molecule has 2 aromatic rings. The summed E-state index contributed by atoms with van der Waals surface area (Å²) in [5, 5.41) is 6.04. The minimum absolute atomic E-state index is 0.0769. The summed E-state index contributed by atoms with van der Waals surface area (Å²) in [4.78, 5) is 17.3. The van der Waals surface area contributed by atoms with E-state index in [0.29, 0.717) is 29.6 Å². The number of nitrogens with one attached hydrogen (secondary N) is 2. The fourth-order valence-corrected chi connectivity index (χ4v) is 3.11. The van der Waals surface area contributed by atoms with Crippen LogP contribution in [0.5, 0.6) is 11.5 Å². The van der Waals surface area contributed by atoms with Crippen LogP contribution in [-0.4, -0.2) is 45.3 Å². The number of amides is 1. The Morgan fingerprint density at radius 1 is 1.17 bits per heavy atom. The number of rotatable bonds is 6. The molecule has 0 spiro atoms. The topological polar surface area (TPSA) is 81.2 Å². The van der Waals surface area contributed by atoms with Crippen LogP contribution in [0.25, 0.3) is 0 Å². The van der Waals surface area contributed by atoms with Crippen molar-refractivity contribution >= 4 is 17.6 Å². The van der Waals surface area contributed by atoms with E-state index in [1.54, 1.807) is 32.4 Å². The Morgan fingerprint density at radius 3 is 2.69 bits per heavy atom. The number of benzene rings is 2. The summed E-state index contributed by atoms with van der Waals surface area (Å²) >= 11 is 0. The summed E-state index contributed by atoms with van der Waals surface area (Å²) in [7, 11) is 3.16. The lowest BCUT2D eigenvalue weighted by atomic mass is 10.1. The number of nitrogens with zero attached hydrogens (tertiary/aromatic N) is 1. The van der Waals surface area contributed by atoms with Crippen LogP contribution in [-0.2, 0) is 4.74 Å². The highest BCUT2D eigenvalue weighted by Crippen LogP contribution is 2.29. The summed E-state index contributed by atoms with van der Waals surface area (Å²) in [6.45, 7) is 3.18. The second kappa shape index (κ2) is 9.93. The molecular weight excluding hydrogens is 370 g/mol. The molecule has 154 valence electrons. The van der Waals surface area contributed by atoms with Gasteiger partial charge in [0.25, 0.3) is 5.91 Å². The third-order valence-electron chi connectivity index (χ3n) is 4.64. The van der Waals surface area contributed by atoms with Crippen LogP contribution < -0.4 is 20.1 Å². The SMILES string of the molecule is COc1ccc(NC(=NCC2CCCO2)NC(=O)c2cccc(C)c2)cc1OC. The second-order valence-electron chi connectivity index (χ2n) is 6.84. The normalized spacial score (nSPS) is 16.4. The molecule has 1 amide bonds. The predicted octanol–water partition coefficient (Wildman–Crippen LogP) is 3.39. The van der Waals surface area contributed by atoms with Gasteiger partial charge in [0.15, 0.2) is 11.5 Å². The number of ether oxygens (including phenoxy) is 3. The summed E-state index contributed by atoms with van der Waals surface area (Å²) in [6, 6.07) is 12.8. The zero-order valence-corrected chi connectivity index (χ0v) is 17.0.